The molecule has 0 unspecified atom stereocenters. The fraction of sp³-hybridized carbons (Fsp3) is 0.444. The first kappa shape index (κ1) is 13.5. The topological polar surface area (TPSA) is 99.4 Å². The number of anilines is 2. The first-order valence-electron chi connectivity index (χ1n) is 4.74. The van der Waals surface area contributed by atoms with Gasteiger partial charge >= 0.3 is 5.97 Å². The van der Waals surface area contributed by atoms with Crippen LogP contribution in [0.25, 0.3) is 0 Å². The molecule has 8 heteroatoms. The number of hydrogen-bond acceptors (Lipinski definition) is 7. The van der Waals surface area contributed by atoms with Crippen LogP contribution in [-0.4, -0.2) is 43.3 Å². The van der Waals surface area contributed by atoms with Gasteiger partial charge in [-0.1, -0.05) is 11.6 Å². The molecule has 1 aromatic rings. The van der Waals surface area contributed by atoms with E-state index in [1.165, 1.54) is 7.11 Å². The van der Waals surface area contributed by atoms with Crippen LogP contribution in [0.2, 0.25) is 5.15 Å². The summed E-state index contributed by atoms with van der Waals surface area (Å²) < 4.78 is 9.34. The standard InChI is InChI=1S/C9H13ClN4O3/c1-16-4-3-12-8-6(10)13-5(7(11)14-8)9(15)17-2/h3-4H2,1-2H3,(H3,11,12,14). The van der Waals surface area contributed by atoms with E-state index in [1.807, 2.05) is 0 Å². The number of esters is 1. The second-order valence-electron chi connectivity index (χ2n) is 3.01. The molecule has 0 atom stereocenters. The molecule has 17 heavy (non-hydrogen) atoms. The van der Waals surface area contributed by atoms with Crippen LogP contribution in [0.1, 0.15) is 10.5 Å². The van der Waals surface area contributed by atoms with Crippen molar-refractivity contribution in [1.29, 1.82) is 0 Å². The van der Waals surface area contributed by atoms with Crippen LogP contribution in [0, 0.1) is 0 Å². The number of nitrogens with two attached hydrogens (primary N) is 1. The first-order chi connectivity index (χ1) is 8.10. The maximum absolute atomic E-state index is 11.3. The average Bonchev–Trinajstić information content (AvgIpc) is 2.32. The van der Waals surface area contributed by atoms with Crippen LogP contribution in [0.3, 0.4) is 0 Å². The molecule has 94 valence electrons. The normalized spacial score (nSPS) is 10.1. The molecular formula is C9H13ClN4O3. The summed E-state index contributed by atoms with van der Waals surface area (Å²) in [6.07, 6.45) is 0. The molecule has 0 saturated carbocycles. The summed E-state index contributed by atoms with van der Waals surface area (Å²) in [5, 5.41) is 2.93. The van der Waals surface area contributed by atoms with Crippen molar-refractivity contribution in [3.63, 3.8) is 0 Å². The summed E-state index contributed by atoms with van der Waals surface area (Å²) in [5.74, 6) is -0.421. The lowest BCUT2D eigenvalue weighted by Crippen LogP contribution is -2.15. The van der Waals surface area contributed by atoms with Crippen molar-refractivity contribution in [3.8, 4) is 0 Å². The zero-order valence-electron chi connectivity index (χ0n) is 9.49. The van der Waals surface area contributed by atoms with Gasteiger partial charge in [-0.05, 0) is 0 Å². The summed E-state index contributed by atoms with van der Waals surface area (Å²) >= 11 is 5.84. The lowest BCUT2D eigenvalue weighted by molar-refractivity contribution is 0.0595. The highest BCUT2D eigenvalue weighted by Crippen LogP contribution is 2.20. The quantitative estimate of drug-likeness (QED) is 0.589. The van der Waals surface area contributed by atoms with E-state index in [0.29, 0.717) is 19.0 Å². The Kier molecular flexibility index (Phi) is 4.92. The molecule has 1 aromatic heterocycles. The van der Waals surface area contributed by atoms with Crippen LogP contribution < -0.4 is 11.1 Å². The average molecular weight is 261 g/mol. The summed E-state index contributed by atoms with van der Waals surface area (Å²) in [7, 11) is 2.80. The largest absolute Gasteiger partial charge is 0.464 e. The maximum atomic E-state index is 11.3. The lowest BCUT2D eigenvalue weighted by Gasteiger charge is -2.09. The van der Waals surface area contributed by atoms with Crippen LogP contribution >= 0.6 is 11.6 Å². The third kappa shape index (κ3) is 3.43. The van der Waals surface area contributed by atoms with Crippen molar-refractivity contribution in [3.05, 3.63) is 10.8 Å². The number of ether oxygens (including phenoxy) is 2. The van der Waals surface area contributed by atoms with E-state index in [2.05, 4.69) is 20.0 Å². The Balaban J connectivity index is 2.89. The number of hydrogen-bond donors (Lipinski definition) is 2. The van der Waals surface area contributed by atoms with Gasteiger partial charge in [-0.2, -0.15) is 0 Å². The number of halogens is 1. The Bertz CT molecular complexity index is 413. The van der Waals surface area contributed by atoms with E-state index >= 15 is 0 Å². The van der Waals surface area contributed by atoms with Crippen LogP contribution in [0.4, 0.5) is 11.6 Å². The number of rotatable bonds is 5. The molecule has 0 fully saturated rings. The zero-order chi connectivity index (χ0) is 12.8. The Labute approximate surface area is 103 Å². The van der Waals surface area contributed by atoms with Gasteiger partial charge in [0.05, 0.1) is 13.7 Å². The zero-order valence-corrected chi connectivity index (χ0v) is 10.2. The summed E-state index contributed by atoms with van der Waals surface area (Å²) in [4.78, 5) is 19.0. The molecule has 0 aliphatic rings. The highest BCUT2D eigenvalue weighted by Gasteiger charge is 2.16. The molecule has 1 rings (SSSR count). The Morgan fingerprint density at radius 2 is 2.18 bits per heavy atom. The highest BCUT2D eigenvalue weighted by atomic mass is 35.5. The third-order valence-electron chi connectivity index (χ3n) is 1.86. The molecule has 0 saturated heterocycles. The van der Waals surface area contributed by atoms with Gasteiger partial charge in [0, 0.05) is 13.7 Å². The number of methoxy groups -OCH3 is 2. The molecule has 0 aromatic carbocycles. The second kappa shape index (κ2) is 6.21. The van der Waals surface area contributed by atoms with E-state index in [9.17, 15) is 4.79 Å². The van der Waals surface area contributed by atoms with Gasteiger partial charge in [-0.25, -0.2) is 14.8 Å². The first-order valence-corrected chi connectivity index (χ1v) is 5.12. The SMILES string of the molecule is COCCNc1nc(N)c(C(=O)OC)nc1Cl. The number of nitrogens with one attached hydrogen (secondary N) is 1. The molecule has 0 aliphatic carbocycles. The molecule has 0 amide bonds. The van der Waals surface area contributed by atoms with Crippen LogP contribution in [0.15, 0.2) is 0 Å². The van der Waals surface area contributed by atoms with E-state index in [0.717, 1.165) is 0 Å². The summed E-state index contributed by atoms with van der Waals surface area (Å²) in [6.45, 7) is 0.985. The van der Waals surface area contributed by atoms with Crippen molar-refractivity contribution in [2.75, 3.05) is 38.4 Å². The van der Waals surface area contributed by atoms with E-state index in [4.69, 9.17) is 22.1 Å². The second-order valence-corrected chi connectivity index (χ2v) is 3.37. The molecule has 0 bridgehead atoms. The Morgan fingerprint density at radius 3 is 2.76 bits per heavy atom. The van der Waals surface area contributed by atoms with Gasteiger partial charge in [0.2, 0.25) is 0 Å². The van der Waals surface area contributed by atoms with Gasteiger partial charge in [0.25, 0.3) is 0 Å². The van der Waals surface area contributed by atoms with Crippen molar-refractivity contribution in [1.82, 2.24) is 9.97 Å². The highest BCUT2D eigenvalue weighted by molar-refractivity contribution is 6.31. The lowest BCUT2D eigenvalue weighted by atomic mass is 10.4. The summed E-state index contributed by atoms with van der Waals surface area (Å²) in [6, 6.07) is 0. The maximum Gasteiger partial charge on any atom is 0.360 e. The summed E-state index contributed by atoms with van der Waals surface area (Å²) in [5.41, 5.74) is 5.46. The monoisotopic (exact) mass is 260 g/mol. The van der Waals surface area contributed by atoms with Crippen LogP contribution in [-0.2, 0) is 9.47 Å². The minimum atomic E-state index is -0.680. The molecule has 0 radical (unpaired) electrons. The van der Waals surface area contributed by atoms with E-state index < -0.39 is 5.97 Å². The van der Waals surface area contributed by atoms with Gasteiger partial charge in [0.15, 0.2) is 22.5 Å². The Morgan fingerprint density at radius 1 is 1.47 bits per heavy atom. The number of nitrogen functional groups attached to an aromatic ring is 1. The van der Waals surface area contributed by atoms with Crippen LogP contribution in [0.5, 0.6) is 0 Å². The third-order valence-corrected chi connectivity index (χ3v) is 2.12. The van der Waals surface area contributed by atoms with Crippen molar-refractivity contribution in [2.24, 2.45) is 0 Å². The molecule has 0 spiro atoms. The van der Waals surface area contributed by atoms with E-state index in [1.54, 1.807) is 7.11 Å². The minimum absolute atomic E-state index is 0.0406. The van der Waals surface area contributed by atoms with Crippen molar-refractivity contribution in [2.45, 2.75) is 0 Å². The number of carbonyl (C=O) groups is 1. The molecule has 0 aliphatic heterocycles. The number of nitrogens with zero attached hydrogens (tertiary/aromatic N) is 2. The Hall–Kier alpha value is -1.60. The smallest absolute Gasteiger partial charge is 0.360 e. The fourth-order valence-electron chi connectivity index (χ4n) is 1.06. The van der Waals surface area contributed by atoms with Gasteiger partial charge in [-0.3, -0.25) is 0 Å². The molecule has 7 nitrogen and oxygen atoms in total. The van der Waals surface area contributed by atoms with Gasteiger partial charge in [0.1, 0.15) is 0 Å². The minimum Gasteiger partial charge on any atom is -0.464 e. The number of carbonyl (C=O) groups excluding carboxylic acids is 1. The van der Waals surface area contributed by atoms with Crippen molar-refractivity contribution < 1.29 is 14.3 Å². The van der Waals surface area contributed by atoms with Gasteiger partial charge < -0.3 is 20.5 Å². The van der Waals surface area contributed by atoms with Crippen molar-refractivity contribution >= 4 is 29.2 Å². The molecular weight excluding hydrogens is 248 g/mol. The predicted octanol–water partition coefficient (Wildman–Crippen LogP) is 0.557. The van der Waals surface area contributed by atoms with E-state index in [-0.39, 0.29) is 16.7 Å². The molecule has 1 heterocycles. The molecule has 3 N–H and O–H groups in total. The fourth-order valence-corrected chi connectivity index (χ4v) is 1.25. The number of aromatic nitrogens is 2. The van der Waals surface area contributed by atoms with Gasteiger partial charge in [-0.15, -0.1) is 0 Å². The predicted molar refractivity (Wildman–Crippen MR) is 63.2 cm³/mol.